The number of carbonyl (C=O) groups excluding carboxylic acids is 1. The summed E-state index contributed by atoms with van der Waals surface area (Å²) in [6.45, 7) is 3.36. The molecule has 106 valence electrons. The molecular weight excluding hydrogens is 252 g/mol. The Hall–Kier alpha value is -0.120. The summed E-state index contributed by atoms with van der Waals surface area (Å²) in [4.78, 5) is 11.0. The van der Waals surface area contributed by atoms with Gasteiger partial charge in [-0.05, 0) is 18.0 Å². The monoisotopic (exact) mass is 276 g/mol. The molecule has 1 aliphatic rings. The topological polar surface area (TPSA) is 35.5 Å². The summed E-state index contributed by atoms with van der Waals surface area (Å²) in [7, 11) is 0. The molecule has 0 aliphatic carbocycles. The van der Waals surface area contributed by atoms with E-state index in [9.17, 15) is 4.79 Å². The summed E-state index contributed by atoms with van der Waals surface area (Å²) < 4.78 is 11.1. The van der Waals surface area contributed by atoms with Crippen LogP contribution in [0.2, 0.25) is 0 Å². The van der Waals surface area contributed by atoms with Crippen molar-refractivity contribution in [3.05, 3.63) is 0 Å². The maximum Gasteiger partial charge on any atom is 0.227 e. The van der Waals surface area contributed by atoms with Gasteiger partial charge in [0.15, 0.2) is 5.79 Å². The van der Waals surface area contributed by atoms with E-state index in [2.05, 4.69) is 6.92 Å². The average molecular weight is 277 g/mol. The van der Waals surface area contributed by atoms with Crippen LogP contribution in [0.4, 0.5) is 0 Å². The number of unbranched alkanes of at least 4 members (excludes halogenated alkanes) is 6. The van der Waals surface area contributed by atoms with Crippen LogP contribution in [0.5, 0.6) is 0 Å². The van der Waals surface area contributed by atoms with Gasteiger partial charge in [0, 0.05) is 6.42 Å². The molecule has 0 amide bonds. The second kappa shape index (κ2) is 8.89. The van der Waals surface area contributed by atoms with Crippen molar-refractivity contribution in [2.45, 2.75) is 70.5 Å². The van der Waals surface area contributed by atoms with E-state index in [4.69, 9.17) is 21.1 Å². The molecule has 0 spiro atoms. The highest BCUT2D eigenvalue weighted by Gasteiger charge is 2.37. The Morgan fingerprint density at radius 2 is 1.61 bits per heavy atom. The van der Waals surface area contributed by atoms with Crippen LogP contribution in [0.25, 0.3) is 0 Å². The molecule has 1 heterocycles. The maximum atomic E-state index is 11.0. The van der Waals surface area contributed by atoms with E-state index < -0.39 is 5.79 Å². The Morgan fingerprint density at radius 1 is 1.06 bits per heavy atom. The summed E-state index contributed by atoms with van der Waals surface area (Å²) in [5.74, 6) is -0.720. The predicted molar refractivity (Wildman–Crippen MR) is 72.7 cm³/mol. The molecule has 1 saturated heterocycles. The first kappa shape index (κ1) is 15.9. The first-order valence-corrected chi connectivity index (χ1v) is 7.52. The summed E-state index contributed by atoms with van der Waals surface area (Å²) in [6.07, 6.45) is 9.66. The standard InChI is InChI=1S/C14H25ClO3/c1-2-3-4-5-6-7-8-9-14(12-13(15)16)17-10-11-18-14/h2-12H2,1H3. The summed E-state index contributed by atoms with van der Waals surface area (Å²) >= 11 is 5.45. The van der Waals surface area contributed by atoms with E-state index in [-0.39, 0.29) is 11.7 Å². The number of hydrogen-bond acceptors (Lipinski definition) is 3. The summed E-state index contributed by atoms with van der Waals surface area (Å²) in [6, 6.07) is 0. The minimum absolute atomic E-state index is 0.171. The third-order valence-corrected chi connectivity index (χ3v) is 3.52. The van der Waals surface area contributed by atoms with Crippen molar-refractivity contribution in [2.75, 3.05) is 13.2 Å². The lowest BCUT2D eigenvalue weighted by Gasteiger charge is -2.25. The Labute approximate surface area is 115 Å². The first-order valence-electron chi connectivity index (χ1n) is 7.15. The SMILES string of the molecule is CCCCCCCCCC1(CC(=O)Cl)OCCO1. The number of halogens is 1. The second-order valence-electron chi connectivity index (χ2n) is 5.01. The van der Waals surface area contributed by atoms with Crippen molar-refractivity contribution in [2.24, 2.45) is 0 Å². The number of rotatable bonds is 10. The van der Waals surface area contributed by atoms with E-state index in [1.54, 1.807) is 0 Å². The molecule has 0 saturated carbocycles. The van der Waals surface area contributed by atoms with Crippen LogP contribution < -0.4 is 0 Å². The van der Waals surface area contributed by atoms with Gasteiger partial charge in [0.05, 0.1) is 19.6 Å². The quantitative estimate of drug-likeness (QED) is 0.446. The molecule has 0 N–H and O–H groups in total. The van der Waals surface area contributed by atoms with Crippen LogP contribution in [-0.4, -0.2) is 24.2 Å². The zero-order valence-corrected chi connectivity index (χ0v) is 12.1. The molecule has 1 rings (SSSR count). The zero-order chi connectivity index (χ0) is 13.3. The molecule has 0 aromatic rings. The molecular formula is C14H25ClO3. The third kappa shape index (κ3) is 6.17. The molecule has 0 atom stereocenters. The van der Waals surface area contributed by atoms with Crippen LogP contribution in [0.15, 0.2) is 0 Å². The minimum atomic E-state index is -0.720. The number of carbonyl (C=O) groups is 1. The number of hydrogen-bond donors (Lipinski definition) is 0. The molecule has 0 bridgehead atoms. The van der Waals surface area contributed by atoms with Gasteiger partial charge in [0.2, 0.25) is 5.24 Å². The van der Waals surface area contributed by atoms with Gasteiger partial charge in [-0.15, -0.1) is 0 Å². The molecule has 0 unspecified atom stereocenters. The van der Waals surface area contributed by atoms with Gasteiger partial charge in [-0.1, -0.05) is 45.4 Å². The summed E-state index contributed by atoms with van der Waals surface area (Å²) in [5.41, 5.74) is 0. The zero-order valence-electron chi connectivity index (χ0n) is 11.4. The van der Waals surface area contributed by atoms with Crippen molar-refractivity contribution in [3.8, 4) is 0 Å². The van der Waals surface area contributed by atoms with Gasteiger partial charge >= 0.3 is 0 Å². The summed E-state index contributed by atoms with van der Waals surface area (Å²) in [5, 5.41) is -0.375. The number of ether oxygens (including phenoxy) is 2. The fourth-order valence-corrected chi connectivity index (χ4v) is 2.60. The molecule has 0 aromatic carbocycles. The average Bonchev–Trinajstić information content (AvgIpc) is 2.76. The van der Waals surface area contributed by atoms with E-state index in [0.29, 0.717) is 13.2 Å². The van der Waals surface area contributed by atoms with E-state index in [0.717, 1.165) is 12.8 Å². The lowest BCUT2D eigenvalue weighted by atomic mass is 10.0. The van der Waals surface area contributed by atoms with E-state index in [1.807, 2.05) is 0 Å². The highest BCUT2D eigenvalue weighted by Crippen LogP contribution is 2.30. The molecule has 0 radical (unpaired) electrons. The van der Waals surface area contributed by atoms with E-state index in [1.165, 1.54) is 38.5 Å². The largest absolute Gasteiger partial charge is 0.347 e. The lowest BCUT2D eigenvalue weighted by molar-refractivity contribution is -0.170. The van der Waals surface area contributed by atoms with Crippen molar-refractivity contribution in [3.63, 3.8) is 0 Å². The van der Waals surface area contributed by atoms with Crippen molar-refractivity contribution >= 4 is 16.8 Å². The lowest BCUT2D eigenvalue weighted by Crippen LogP contribution is -2.32. The predicted octanol–water partition coefficient (Wildman–Crippen LogP) is 4.03. The maximum absolute atomic E-state index is 11.0. The van der Waals surface area contributed by atoms with Gasteiger partial charge in [-0.3, -0.25) is 4.79 Å². The fraction of sp³-hybridized carbons (Fsp3) is 0.929. The van der Waals surface area contributed by atoms with Crippen LogP contribution in [0, 0.1) is 0 Å². The first-order chi connectivity index (χ1) is 8.68. The minimum Gasteiger partial charge on any atom is -0.347 e. The van der Waals surface area contributed by atoms with Gasteiger partial charge in [-0.2, -0.15) is 0 Å². The Morgan fingerprint density at radius 3 is 2.17 bits per heavy atom. The Kier molecular flexibility index (Phi) is 7.87. The van der Waals surface area contributed by atoms with Crippen LogP contribution in [0.1, 0.15) is 64.7 Å². The van der Waals surface area contributed by atoms with Crippen molar-refractivity contribution < 1.29 is 14.3 Å². The molecule has 1 aliphatic heterocycles. The highest BCUT2D eigenvalue weighted by atomic mass is 35.5. The van der Waals surface area contributed by atoms with Crippen molar-refractivity contribution in [1.82, 2.24) is 0 Å². The van der Waals surface area contributed by atoms with Crippen LogP contribution in [-0.2, 0) is 14.3 Å². The molecule has 4 heteroatoms. The van der Waals surface area contributed by atoms with Gasteiger partial charge < -0.3 is 9.47 Å². The normalized spacial score (nSPS) is 18.1. The van der Waals surface area contributed by atoms with Crippen LogP contribution >= 0.6 is 11.6 Å². The molecule has 3 nitrogen and oxygen atoms in total. The Balaban J connectivity index is 2.12. The smallest absolute Gasteiger partial charge is 0.227 e. The highest BCUT2D eigenvalue weighted by molar-refractivity contribution is 6.63. The Bertz CT molecular complexity index is 237. The molecule has 1 fully saturated rings. The van der Waals surface area contributed by atoms with Gasteiger partial charge in [0.1, 0.15) is 0 Å². The van der Waals surface area contributed by atoms with Gasteiger partial charge in [0.25, 0.3) is 0 Å². The van der Waals surface area contributed by atoms with E-state index >= 15 is 0 Å². The molecule has 18 heavy (non-hydrogen) atoms. The van der Waals surface area contributed by atoms with Gasteiger partial charge in [-0.25, -0.2) is 0 Å². The van der Waals surface area contributed by atoms with Crippen molar-refractivity contribution in [1.29, 1.82) is 0 Å². The fourth-order valence-electron chi connectivity index (χ4n) is 2.39. The third-order valence-electron chi connectivity index (χ3n) is 3.38. The molecule has 0 aromatic heterocycles. The second-order valence-corrected chi connectivity index (χ2v) is 5.43. The van der Waals surface area contributed by atoms with Crippen LogP contribution in [0.3, 0.4) is 0 Å².